The first-order chi connectivity index (χ1) is 8.43. The molecule has 18 heavy (non-hydrogen) atoms. The van der Waals surface area contributed by atoms with Crippen LogP contribution in [0.3, 0.4) is 0 Å². The van der Waals surface area contributed by atoms with Crippen LogP contribution < -0.4 is 4.90 Å². The highest BCUT2D eigenvalue weighted by atomic mass is 79.9. The first kappa shape index (κ1) is 14.5. The molecule has 4 nitrogen and oxygen atoms in total. The third-order valence-electron chi connectivity index (χ3n) is 2.33. The van der Waals surface area contributed by atoms with Gasteiger partial charge in [0.25, 0.3) is 0 Å². The van der Waals surface area contributed by atoms with Gasteiger partial charge in [-0.25, -0.2) is 0 Å². The van der Waals surface area contributed by atoms with Gasteiger partial charge in [0, 0.05) is 11.0 Å². The number of aliphatic carboxylic acids is 1. The number of benzene rings is 1. The summed E-state index contributed by atoms with van der Waals surface area (Å²) in [5.41, 5.74) is 1.34. The van der Waals surface area contributed by atoms with Crippen LogP contribution in [0.25, 0.3) is 0 Å². The minimum atomic E-state index is -0.869. The Morgan fingerprint density at radius 3 is 2.67 bits per heavy atom. The first-order valence-corrected chi connectivity index (χ1v) is 6.39. The van der Waals surface area contributed by atoms with Crippen molar-refractivity contribution in [3.63, 3.8) is 0 Å². The maximum Gasteiger partial charge on any atom is 0.323 e. The molecule has 0 atom stereocenters. The smallest absolute Gasteiger partial charge is 0.323 e. The van der Waals surface area contributed by atoms with Crippen LogP contribution in [0, 0.1) is 17.2 Å². The Hall–Kier alpha value is -1.54. The van der Waals surface area contributed by atoms with E-state index in [2.05, 4.69) is 22.0 Å². The Kier molecular flexibility index (Phi) is 5.17. The fourth-order valence-electron chi connectivity index (χ4n) is 1.69. The van der Waals surface area contributed by atoms with E-state index in [1.54, 1.807) is 23.1 Å². The number of rotatable bonds is 5. The lowest BCUT2D eigenvalue weighted by Crippen LogP contribution is -2.33. The minimum absolute atomic E-state index is 0.0529. The number of halogens is 1. The predicted molar refractivity (Wildman–Crippen MR) is 73.5 cm³/mol. The van der Waals surface area contributed by atoms with Gasteiger partial charge < -0.3 is 10.0 Å². The Balaban J connectivity index is 3.05. The molecular weight excluding hydrogens is 296 g/mol. The molecule has 0 aliphatic rings. The predicted octanol–water partition coefficient (Wildman–Crippen LogP) is 2.87. The molecule has 0 radical (unpaired) electrons. The normalized spacial score (nSPS) is 10.2. The molecular formula is C13H15BrN2O2. The molecule has 96 valence electrons. The van der Waals surface area contributed by atoms with Gasteiger partial charge in [0.2, 0.25) is 0 Å². The van der Waals surface area contributed by atoms with Gasteiger partial charge in [0.1, 0.15) is 6.54 Å². The standard InChI is InChI=1S/C13H15BrN2O2/c1-9(2)7-16(8-13(17)18)12-4-3-10(6-15)5-11(12)14/h3-5,9H,7-8H2,1-2H3,(H,17,18). The number of hydrogen-bond acceptors (Lipinski definition) is 3. The lowest BCUT2D eigenvalue weighted by atomic mass is 10.1. The number of carboxylic acids is 1. The van der Waals surface area contributed by atoms with Crippen LogP contribution in [-0.2, 0) is 4.79 Å². The van der Waals surface area contributed by atoms with E-state index in [0.717, 1.165) is 10.2 Å². The fraction of sp³-hybridized carbons (Fsp3) is 0.385. The van der Waals surface area contributed by atoms with Crippen LogP contribution in [0.2, 0.25) is 0 Å². The van der Waals surface area contributed by atoms with Crippen LogP contribution in [0.15, 0.2) is 22.7 Å². The molecule has 0 aliphatic carbocycles. The zero-order valence-corrected chi connectivity index (χ0v) is 11.9. The molecule has 0 saturated heterocycles. The number of hydrogen-bond donors (Lipinski definition) is 1. The van der Waals surface area contributed by atoms with E-state index in [-0.39, 0.29) is 6.54 Å². The van der Waals surface area contributed by atoms with Crippen molar-refractivity contribution in [2.75, 3.05) is 18.0 Å². The van der Waals surface area contributed by atoms with Crippen LogP contribution in [0.4, 0.5) is 5.69 Å². The molecule has 1 aromatic rings. The molecule has 0 amide bonds. The first-order valence-electron chi connectivity index (χ1n) is 5.60. The number of carbonyl (C=O) groups is 1. The number of nitriles is 1. The second kappa shape index (κ2) is 6.41. The average Bonchev–Trinajstić information content (AvgIpc) is 2.26. The fourth-order valence-corrected chi connectivity index (χ4v) is 2.31. The van der Waals surface area contributed by atoms with E-state index < -0.39 is 5.97 Å². The van der Waals surface area contributed by atoms with E-state index in [1.165, 1.54) is 0 Å². The second-order valence-electron chi connectivity index (χ2n) is 4.45. The van der Waals surface area contributed by atoms with Crippen LogP contribution >= 0.6 is 15.9 Å². The van der Waals surface area contributed by atoms with Gasteiger partial charge in [-0.3, -0.25) is 4.79 Å². The maximum absolute atomic E-state index is 10.9. The van der Waals surface area contributed by atoms with Crippen molar-refractivity contribution in [2.24, 2.45) is 5.92 Å². The summed E-state index contributed by atoms with van der Waals surface area (Å²) in [6, 6.07) is 7.21. The lowest BCUT2D eigenvalue weighted by molar-refractivity contribution is -0.135. The molecule has 0 aliphatic heterocycles. The van der Waals surface area contributed by atoms with E-state index in [9.17, 15) is 4.79 Å². The lowest BCUT2D eigenvalue weighted by Gasteiger charge is -2.26. The summed E-state index contributed by atoms with van der Waals surface area (Å²) < 4.78 is 0.739. The summed E-state index contributed by atoms with van der Waals surface area (Å²) in [6.45, 7) is 4.66. The third-order valence-corrected chi connectivity index (χ3v) is 2.96. The summed E-state index contributed by atoms with van der Waals surface area (Å²) in [5.74, 6) is -0.515. The van der Waals surface area contributed by atoms with Gasteiger partial charge in [0.15, 0.2) is 0 Å². The van der Waals surface area contributed by atoms with Crippen molar-refractivity contribution >= 4 is 27.6 Å². The van der Waals surface area contributed by atoms with Crippen LogP contribution in [0.5, 0.6) is 0 Å². The molecule has 1 N–H and O–H groups in total. The molecule has 0 heterocycles. The zero-order chi connectivity index (χ0) is 13.7. The van der Waals surface area contributed by atoms with E-state index in [1.807, 2.05) is 13.8 Å². The Labute approximate surface area is 115 Å². The Bertz CT molecular complexity index is 480. The van der Waals surface area contributed by atoms with Crippen molar-refractivity contribution in [2.45, 2.75) is 13.8 Å². The van der Waals surface area contributed by atoms with Crippen LogP contribution in [-0.4, -0.2) is 24.2 Å². The zero-order valence-electron chi connectivity index (χ0n) is 10.4. The highest BCUT2D eigenvalue weighted by molar-refractivity contribution is 9.10. The summed E-state index contributed by atoms with van der Waals surface area (Å²) in [4.78, 5) is 12.7. The third kappa shape index (κ3) is 4.04. The highest BCUT2D eigenvalue weighted by Crippen LogP contribution is 2.27. The van der Waals surface area contributed by atoms with Crippen molar-refractivity contribution in [3.8, 4) is 6.07 Å². The molecule has 0 spiro atoms. The second-order valence-corrected chi connectivity index (χ2v) is 5.30. The molecule has 0 fully saturated rings. The van der Waals surface area contributed by atoms with Crippen molar-refractivity contribution in [1.82, 2.24) is 0 Å². The average molecular weight is 311 g/mol. The molecule has 1 rings (SSSR count). The molecule has 5 heteroatoms. The summed E-state index contributed by atoms with van der Waals surface area (Å²) in [7, 11) is 0. The summed E-state index contributed by atoms with van der Waals surface area (Å²) in [6.07, 6.45) is 0. The Morgan fingerprint density at radius 1 is 1.56 bits per heavy atom. The largest absolute Gasteiger partial charge is 0.480 e. The number of carboxylic acid groups (broad SMARTS) is 1. The number of nitrogens with zero attached hydrogens (tertiary/aromatic N) is 2. The van der Waals surface area contributed by atoms with Gasteiger partial charge in [-0.15, -0.1) is 0 Å². The SMILES string of the molecule is CC(C)CN(CC(=O)O)c1ccc(C#N)cc1Br. The molecule has 0 saturated carbocycles. The maximum atomic E-state index is 10.9. The van der Waals surface area contributed by atoms with Gasteiger partial charge in [-0.2, -0.15) is 5.26 Å². The Morgan fingerprint density at radius 2 is 2.22 bits per heavy atom. The van der Waals surface area contributed by atoms with Crippen molar-refractivity contribution in [3.05, 3.63) is 28.2 Å². The van der Waals surface area contributed by atoms with E-state index >= 15 is 0 Å². The van der Waals surface area contributed by atoms with Gasteiger partial charge in [-0.1, -0.05) is 13.8 Å². The highest BCUT2D eigenvalue weighted by Gasteiger charge is 2.15. The van der Waals surface area contributed by atoms with E-state index in [4.69, 9.17) is 10.4 Å². The molecule has 0 bridgehead atoms. The number of anilines is 1. The van der Waals surface area contributed by atoms with Gasteiger partial charge >= 0.3 is 5.97 Å². The topological polar surface area (TPSA) is 64.3 Å². The monoisotopic (exact) mass is 310 g/mol. The van der Waals surface area contributed by atoms with E-state index in [0.29, 0.717) is 18.0 Å². The quantitative estimate of drug-likeness (QED) is 0.908. The van der Waals surface area contributed by atoms with Crippen molar-refractivity contribution in [1.29, 1.82) is 5.26 Å². The summed E-state index contributed by atoms with van der Waals surface area (Å²) in [5, 5.41) is 17.7. The van der Waals surface area contributed by atoms with Crippen LogP contribution in [0.1, 0.15) is 19.4 Å². The van der Waals surface area contributed by atoms with Gasteiger partial charge in [0.05, 0.1) is 17.3 Å². The molecule has 1 aromatic carbocycles. The molecule has 0 aromatic heterocycles. The van der Waals surface area contributed by atoms with Crippen molar-refractivity contribution < 1.29 is 9.90 Å². The summed E-state index contributed by atoms with van der Waals surface area (Å²) >= 11 is 3.38. The minimum Gasteiger partial charge on any atom is -0.480 e. The molecule has 0 unspecified atom stereocenters. The van der Waals surface area contributed by atoms with Gasteiger partial charge in [-0.05, 0) is 40.0 Å².